The van der Waals surface area contributed by atoms with Crippen molar-refractivity contribution in [3.63, 3.8) is 0 Å². The van der Waals surface area contributed by atoms with Crippen molar-refractivity contribution >= 4 is 35.6 Å². The first kappa shape index (κ1) is 21.3. The first-order valence-electron chi connectivity index (χ1n) is 8.35. The lowest BCUT2D eigenvalue weighted by atomic mass is 10.2. The third-order valence-electron chi connectivity index (χ3n) is 4.35. The molecule has 1 saturated heterocycles. The third-order valence-corrected chi connectivity index (χ3v) is 4.35. The van der Waals surface area contributed by atoms with Crippen LogP contribution in [0, 0.1) is 5.82 Å². The monoisotopic (exact) mass is 494 g/mol. The maximum absolute atomic E-state index is 13.9. The zero-order chi connectivity index (χ0) is 18.5. The molecule has 1 aromatic carbocycles. The zero-order valence-electron chi connectivity index (χ0n) is 14.9. The number of nitrogens with zero attached hydrogens (tertiary/aromatic N) is 5. The molecule has 1 aliphatic rings. The van der Waals surface area contributed by atoms with E-state index in [1.54, 1.807) is 19.2 Å². The van der Waals surface area contributed by atoms with Crippen LogP contribution in [-0.2, 0) is 6.54 Å². The minimum atomic E-state index is -2.62. The highest BCUT2D eigenvalue weighted by Crippen LogP contribution is 2.20. The van der Waals surface area contributed by atoms with Gasteiger partial charge in [-0.05, 0) is 12.1 Å². The van der Waals surface area contributed by atoms with Crippen LogP contribution >= 0.6 is 24.0 Å². The molecule has 0 aliphatic carbocycles. The molecule has 6 nitrogen and oxygen atoms in total. The highest BCUT2D eigenvalue weighted by Gasteiger charge is 2.22. The Kier molecular flexibility index (Phi) is 7.75. The average Bonchev–Trinajstić information content (AvgIpc) is 3.12. The predicted molar refractivity (Wildman–Crippen MR) is 109 cm³/mol. The molecule has 1 aromatic heterocycles. The maximum atomic E-state index is 13.9. The summed E-state index contributed by atoms with van der Waals surface area (Å²) in [6, 6.07) is 6.70. The lowest BCUT2D eigenvalue weighted by Gasteiger charge is -2.37. The summed E-state index contributed by atoms with van der Waals surface area (Å²) in [4.78, 5) is 12.2. The van der Waals surface area contributed by atoms with E-state index in [4.69, 9.17) is 0 Å². The number of para-hydroxylation sites is 1. The molecule has 3 rings (SSSR count). The standard InChI is InChI=1S/C17H21F3N6.HI/c1-21-17(23-12-15-22-6-7-26(15)16(19)20)25-10-8-24(9-11-25)14-5-3-2-4-13(14)18;/h2-7,16H,8-12H2,1H3,(H,21,23);1H. The molecule has 1 N–H and O–H groups in total. The summed E-state index contributed by atoms with van der Waals surface area (Å²) in [6.07, 6.45) is 2.59. The van der Waals surface area contributed by atoms with Gasteiger partial charge in [0.2, 0.25) is 0 Å². The fourth-order valence-corrected chi connectivity index (χ4v) is 3.02. The number of hydrogen-bond donors (Lipinski definition) is 1. The zero-order valence-corrected chi connectivity index (χ0v) is 17.2. The first-order valence-corrected chi connectivity index (χ1v) is 8.35. The second-order valence-electron chi connectivity index (χ2n) is 5.85. The van der Waals surface area contributed by atoms with E-state index >= 15 is 0 Å². The largest absolute Gasteiger partial charge is 0.366 e. The van der Waals surface area contributed by atoms with Crippen LogP contribution in [0.1, 0.15) is 12.4 Å². The van der Waals surface area contributed by atoms with Crippen LogP contribution in [0.2, 0.25) is 0 Å². The number of anilines is 1. The Morgan fingerprint density at radius 2 is 1.93 bits per heavy atom. The van der Waals surface area contributed by atoms with Crippen molar-refractivity contribution in [3.8, 4) is 0 Å². The summed E-state index contributed by atoms with van der Waals surface area (Å²) in [5.74, 6) is 0.621. The fourth-order valence-electron chi connectivity index (χ4n) is 3.02. The molecule has 2 aromatic rings. The lowest BCUT2D eigenvalue weighted by Crippen LogP contribution is -2.52. The number of hydrogen-bond acceptors (Lipinski definition) is 3. The summed E-state index contributed by atoms with van der Waals surface area (Å²) in [7, 11) is 1.64. The van der Waals surface area contributed by atoms with E-state index in [-0.39, 0.29) is 42.2 Å². The lowest BCUT2D eigenvalue weighted by molar-refractivity contribution is 0.0668. The van der Waals surface area contributed by atoms with Crippen LogP contribution in [0.4, 0.5) is 18.9 Å². The topological polar surface area (TPSA) is 48.7 Å². The van der Waals surface area contributed by atoms with Gasteiger partial charge in [0.15, 0.2) is 5.96 Å². The molecular weight excluding hydrogens is 472 g/mol. The van der Waals surface area contributed by atoms with Crippen LogP contribution in [0.15, 0.2) is 41.7 Å². The Morgan fingerprint density at radius 3 is 2.56 bits per heavy atom. The molecule has 1 fully saturated rings. The smallest absolute Gasteiger partial charge is 0.319 e. The van der Waals surface area contributed by atoms with E-state index in [9.17, 15) is 13.2 Å². The van der Waals surface area contributed by atoms with Gasteiger partial charge in [-0.15, -0.1) is 24.0 Å². The van der Waals surface area contributed by atoms with Crippen molar-refractivity contribution in [2.45, 2.75) is 13.1 Å². The van der Waals surface area contributed by atoms with E-state index in [1.807, 2.05) is 15.9 Å². The Bertz CT molecular complexity index is 759. The molecule has 0 bridgehead atoms. The molecule has 0 saturated carbocycles. The summed E-state index contributed by atoms with van der Waals surface area (Å²) >= 11 is 0. The highest BCUT2D eigenvalue weighted by molar-refractivity contribution is 14.0. The van der Waals surface area contributed by atoms with Gasteiger partial charge in [-0.3, -0.25) is 9.56 Å². The van der Waals surface area contributed by atoms with Crippen molar-refractivity contribution in [1.29, 1.82) is 0 Å². The first-order chi connectivity index (χ1) is 12.6. The third kappa shape index (κ3) is 5.05. The van der Waals surface area contributed by atoms with E-state index in [2.05, 4.69) is 15.3 Å². The summed E-state index contributed by atoms with van der Waals surface area (Å²) < 4.78 is 40.5. The van der Waals surface area contributed by atoms with E-state index in [1.165, 1.54) is 18.5 Å². The van der Waals surface area contributed by atoms with E-state index in [0.717, 1.165) is 4.57 Å². The molecule has 2 heterocycles. The predicted octanol–water partition coefficient (Wildman–Crippen LogP) is 2.93. The number of rotatable bonds is 4. The molecule has 0 atom stereocenters. The van der Waals surface area contributed by atoms with Crippen molar-refractivity contribution in [2.24, 2.45) is 4.99 Å². The second-order valence-corrected chi connectivity index (χ2v) is 5.85. The van der Waals surface area contributed by atoms with Gasteiger partial charge in [-0.1, -0.05) is 12.1 Å². The molecule has 148 valence electrons. The Morgan fingerprint density at radius 1 is 1.22 bits per heavy atom. The van der Waals surface area contributed by atoms with Crippen LogP contribution in [0.25, 0.3) is 0 Å². The van der Waals surface area contributed by atoms with Crippen molar-refractivity contribution < 1.29 is 13.2 Å². The number of imidazole rings is 1. The molecule has 0 unspecified atom stereocenters. The minimum absolute atomic E-state index is 0. The number of benzene rings is 1. The van der Waals surface area contributed by atoms with E-state index in [0.29, 0.717) is 37.8 Å². The number of alkyl halides is 2. The van der Waals surface area contributed by atoms with Crippen molar-refractivity contribution in [3.05, 3.63) is 48.3 Å². The maximum Gasteiger partial charge on any atom is 0.319 e. The number of guanidine groups is 1. The van der Waals surface area contributed by atoms with Gasteiger partial charge < -0.3 is 15.1 Å². The number of aliphatic imine (C=N–C) groups is 1. The van der Waals surface area contributed by atoms with Crippen LogP contribution in [0.3, 0.4) is 0 Å². The Balaban J connectivity index is 0.00000261. The van der Waals surface area contributed by atoms with Gasteiger partial charge >= 0.3 is 6.55 Å². The second kappa shape index (κ2) is 9.81. The molecule has 27 heavy (non-hydrogen) atoms. The van der Waals surface area contributed by atoms with Gasteiger partial charge in [0.1, 0.15) is 11.6 Å². The van der Waals surface area contributed by atoms with Gasteiger partial charge in [-0.25, -0.2) is 9.37 Å². The molecule has 0 amide bonds. The Labute approximate surface area is 173 Å². The summed E-state index contributed by atoms with van der Waals surface area (Å²) in [5.41, 5.74) is 0.592. The molecular formula is C17H22F3IN6. The SMILES string of the molecule is CN=C(NCc1nccn1C(F)F)N1CCN(c2ccccc2F)CC1.I. The van der Waals surface area contributed by atoms with Gasteiger partial charge in [0.25, 0.3) is 0 Å². The fraction of sp³-hybridized carbons (Fsp3) is 0.412. The molecule has 1 aliphatic heterocycles. The minimum Gasteiger partial charge on any atom is -0.366 e. The van der Waals surface area contributed by atoms with Crippen LogP contribution < -0.4 is 10.2 Å². The average molecular weight is 494 g/mol. The summed E-state index contributed by atoms with van der Waals surface area (Å²) in [5, 5.41) is 3.07. The number of aromatic nitrogens is 2. The van der Waals surface area contributed by atoms with Gasteiger partial charge in [-0.2, -0.15) is 8.78 Å². The van der Waals surface area contributed by atoms with E-state index < -0.39 is 6.55 Å². The van der Waals surface area contributed by atoms with Gasteiger partial charge in [0.05, 0.1) is 12.2 Å². The van der Waals surface area contributed by atoms with Crippen molar-refractivity contribution in [1.82, 2.24) is 19.8 Å². The molecule has 0 spiro atoms. The van der Waals surface area contributed by atoms with Gasteiger partial charge in [0, 0.05) is 45.6 Å². The van der Waals surface area contributed by atoms with Crippen LogP contribution in [0.5, 0.6) is 0 Å². The Hall–Kier alpha value is -1.98. The number of halogens is 4. The summed E-state index contributed by atoms with van der Waals surface area (Å²) in [6.45, 7) is 0.118. The quantitative estimate of drug-likeness (QED) is 0.404. The number of nitrogens with one attached hydrogen (secondary N) is 1. The van der Waals surface area contributed by atoms with Crippen molar-refractivity contribution in [2.75, 3.05) is 38.1 Å². The molecule has 10 heteroatoms. The number of piperazine rings is 1. The van der Waals surface area contributed by atoms with Crippen LogP contribution in [-0.4, -0.2) is 53.6 Å². The normalized spacial score (nSPS) is 15.1. The highest BCUT2D eigenvalue weighted by atomic mass is 127. The molecule has 0 radical (unpaired) electrons.